The second kappa shape index (κ2) is 4.31. The first-order valence-corrected chi connectivity index (χ1v) is 7.85. The van der Waals surface area contributed by atoms with Gasteiger partial charge in [0, 0.05) is 12.1 Å². The van der Waals surface area contributed by atoms with E-state index in [0.29, 0.717) is 5.41 Å². The second-order valence-electron chi connectivity index (χ2n) is 7.52. The van der Waals surface area contributed by atoms with E-state index in [1.807, 2.05) is 12.1 Å². The first-order valence-electron chi connectivity index (χ1n) is 7.85. The summed E-state index contributed by atoms with van der Waals surface area (Å²) in [7, 11) is 0. The minimum absolute atomic E-state index is 0.208. The molecular weight excluding hydrogens is 250 g/mol. The average Bonchev–Trinajstić information content (AvgIpc) is 2.37. The van der Waals surface area contributed by atoms with Crippen molar-refractivity contribution in [1.82, 2.24) is 0 Å². The zero-order valence-corrected chi connectivity index (χ0v) is 11.8. The number of nitrogens with zero attached hydrogens (tertiary/aromatic N) is 1. The second-order valence-corrected chi connectivity index (χ2v) is 7.52. The molecule has 4 saturated carbocycles. The highest BCUT2D eigenvalue weighted by molar-refractivity contribution is 5.33. The van der Waals surface area contributed by atoms with Gasteiger partial charge in [-0.1, -0.05) is 12.1 Å². The van der Waals surface area contributed by atoms with Gasteiger partial charge in [0.2, 0.25) is 0 Å². The van der Waals surface area contributed by atoms with Gasteiger partial charge in [-0.15, -0.1) is 0 Å². The maximum Gasteiger partial charge on any atom is 0.269 e. The molecule has 1 aromatic carbocycles. The van der Waals surface area contributed by atoms with Crippen molar-refractivity contribution in [2.45, 2.75) is 44.9 Å². The summed E-state index contributed by atoms with van der Waals surface area (Å²) in [4.78, 5) is 10.4. The van der Waals surface area contributed by atoms with Gasteiger partial charge in [0.05, 0.1) is 4.92 Å². The van der Waals surface area contributed by atoms with E-state index < -0.39 is 0 Å². The molecule has 4 aliphatic carbocycles. The fourth-order valence-electron chi connectivity index (χ4n) is 5.68. The van der Waals surface area contributed by atoms with Gasteiger partial charge in [-0.2, -0.15) is 0 Å². The highest BCUT2D eigenvalue weighted by atomic mass is 16.6. The predicted octanol–water partition coefficient (Wildman–Crippen LogP) is 4.35. The number of nitro benzene ring substituents is 1. The Kier molecular flexibility index (Phi) is 2.66. The van der Waals surface area contributed by atoms with Gasteiger partial charge < -0.3 is 0 Å². The van der Waals surface area contributed by atoms with Crippen LogP contribution in [0.1, 0.15) is 44.1 Å². The smallest absolute Gasteiger partial charge is 0.258 e. The molecule has 4 bridgehead atoms. The first kappa shape index (κ1) is 12.4. The summed E-state index contributed by atoms with van der Waals surface area (Å²) >= 11 is 0. The minimum Gasteiger partial charge on any atom is -0.258 e. The molecule has 4 aliphatic rings. The Bertz CT molecular complexity index is 499. The molecule has 0 N–H and O–H groups in total. The fraction of sp³-hybridized carbons (Fsp3) is 0.647. The molecule has 106 valence electrons. The van der Waals surface area contributed by atoms with Crippen LogP contribution in [-0.4, -0.2) is 4.92 Å². The highest BCUT2D eigenvalue weighted by Crippen LogP contribution is 2.61. The number of non-ortho nitro benzene ring substituents is 1. The van der Waals surface area contributed by atoms with Crippen LogP contribution in [0.4, 0.5) is 5.69 Å². The van der Waals surface area contributed by atoms with E-state index >= 15 is 0 Å². The summed E-state index contributed by atoms with van der Waals surface area (Å²) in [6.07, 6.45) is 9.75. The topological polar surface area (TPSA) is 43.1 Å². The van der Waals surface area contributed by atoms with Crippen LogP contribution in [0.3, 0.4) is 0 Å². The van der Waals surface area contributed by atoms with Crippen molar-refractivity contribution in [2.24, 2.45) is 23.2 Å². The summed E-state index contributed by atoms with van der Waals surface area (Å²) in [5.74, 6) is 2.91. The highest BCUT2D eigenvalue weighted by Gasteiger charge is 2.50. The summed E-state index contributed by atoms with van der Waals surface area (Å²) in [5, 5.41) is 10.7. The van der Waals surface area contributed by atoms with Gasteiger partial charge in [-0.3, -0.25) is 10.1 Å². The predicted molar refractivity (Wildman–Crippen MR) is 77.4 cm³/mol. The SMILES string of the molecule is O=[N+]([O-])c1ccc(CC23CC4CC(CC(C4)C2)C3)cc1. The fourth-order valence-corrected chi connectivity index (χ4v) is 5.68. The van der Waals surface area contributed by atoms with Crippen molar-refractivity contribution < 1.29 is 4.92 Å². The quantitative estimate of drug-likeness (QED) is 0.605. The molecule has 0 saturated heterocycles. The van der Waals surface area contributed by atoms with E-state index in [2.05, 4.69) is 0 Å². The van der Waals surface area contributed by atoms with Crippen LogP contribution in [0.15, 0.2) is 24.3 Å². The molecule has 0 spiro atoms. The Hall–Kier alpha value is -1.38. The lowest BCUT2D eigenvalue weighted by atomic mass is 9.48. The Morgan fingerprint density at radius 2 is 1.50 bits per heavy atom. The number of hydrogen-bond acceptors (Lipinski definition) is 2. The number of benzene rings is 1. The Morgan fingerprint density at radius 3 is 1.95 bits per heavy atom. The van der Waals surface area contributed by atoms with E-state index in [1.165, 1.54) is 44.1 Å². The third-order valence-electron chi connectivity index (χ3n) is 5.89. The van der Waals surface area contributed by atoms with Crippen molar-refractivity contribution in [1.29, 1.82) is 0 Å². The van der Waals surface area contributed by atoms with Crippen LogP contribution in [0.2, 0.25) is 0 Å². The minimum atomic E-state index is -0.311. The lowest BCUT2D eigenvalue weighted by Crippen LogP contribution is -2.47. The number of hydrogen-bond donors (Lipinski definition) is 0. The molecule has 0 aromatic heterocycles. The van der Waals surface area contributed by atoms with Crippen molar-refractivity contribution in [3.63, 3.8) is 0 Å². The third kappa shape index (κ3) is 2.04. The largest absolute Gasteiger partial charge is 0.269 e. The lowest BCUT2D eigenvalue weighted by Gasteiger charge is -2.57. The molecule has 0 radical (unpaired) electrons. The van der Waals surface area contributed by atoms with Gasteiger partial charge in [0.15, 0.2) is 0 Å². The maximum absolute atomic E-state index is 10.7. The van der Waals surface area contributed by atoms with Crippen molar-refractivity contribution in [3.8, 4) is 0 Å². The molecule has 5 rings (SSSR count). The van der Waals surface area contributed by atoms with E-state index in [1.54, 1.807) is 12.1 Å². The van der Waals surface area contributed by atoms with Crippen molar-refractivity contribution >= 4 is 5.69 Å². The van der Waals surface area contributed by atoms with Crippen LogP contribution in [0, 0.1) is 33.3 Å². The van der Waals surface area contributed by atoms with Gasteiger partial charge in [0.25, 0.3) is 5.69 Å². The van der Waals surface area contributed by atoms with Crippen LogP contribution in [0.25, 0.3) is 0 Å². The number of nitro groups is 1. The molecule has 0 atom stereocenters. The molecule has 1 aromatic rings. The summed E-state index contributed by atoms with van der Waals surface area (Å²) in [6, 6.07) is 7.26. The molecule has 4 fully saturated rings. The normalized spacial score (nSPS) is 38.1. The monoisotopic (exact) mass is 271 g/mol. The lowest BCUT2D eigenvalue weighted by molar-refractivity contribution is -0.384. The van der Waals surface area contributed by atoms with E-state index in [4.69, 9.17) is 0 Å². The molecule has 0 aliphatic heterocycles. The van der Waals surface area contributed by atoms with E-state index in [9.17, 15) is 10.1 Å². The van der Waals surface area contributed by atoms with Crippen LogP contribution < -0.4 is 0 Å². The van der Waals surface area contributed by atoms with Crippen LogP contribution >= 0.6 is 0 Å². The average molecular weight is 271 g/mol. The molecular formula is C17H21NO2. The summed E-state index contributed by atoms with van der Waals surface area (Å²) in [5.41, 5.74) is 2.02. The standard InChI is InChI=1S/C17H21NO2/c19-18(20)16-3-1-12(2-4-16)8-17-9-13-5-14(10-17)7-15(6-13)11-17/h1-4,13-15H,5-11H2. The van der Waals surface area contributed by atoms with Crippen LogP contribution in [-0.2, 0) is 6.42 Å². The van der Waals surface area contributed by atoms with Gasteiger partial charge in [-0.25, -0.2) is 0 Å². The van der Waals surface area contributed by atoms with E-state index in [0.717, 1.165) is 24.2 Å². The van der Waals surface area contributed by atoms with Crippen molar-refractivity contribution in [2.75, 3.05) is 0 Å². The molecule has 20 heavy (non-hydrogen) atoms. The molecule has 0 amide bonds. The van der Waals surface area contributed by atoms with E-state index in [-0.39, 0.29) is 10.6 Å². The Balaban J connectivity index is 1.55. The Labute approximate surface area is 119 Å². The Morgan fingerprint density at radius 1 is 1.00 bits per heavy atom. The van der Waals surface area contributed by atoms with Crippen LogP contribution in [0.5, 0.6) is 0 Å². The molecule has 3 heteroatoms. The van der Waals surface area contributed by atoms with Crippen molar-refractivity contribution in [3.05, 3.63) is 39.9 Å². The van der Waals surface area contributed by atoms with Gasteiger partial charge >= 0.3 is 0 Å². The zero-order chi connectivity index (χ0) is 13.7. The maximum atomic E-state index is 10.7. The molecule has 0 heterocycles. The first-order chi connectivity index (χ1) is 9.62. The molecule has 0 unspecified atom stereocenters. The molecule has 3 nitrogen and oxygen atoms in total. The number of rotatable bonds is 3. The van der Waals surface area contributed by atoms with Gasteiger partial charge in [-0.05, 0) is 73.7 Å². The summed E-state index contributed by atoms with van der Waals surface area (Å²) < 4.78 is 0. The zero-order valence-electron chi connectivity index (χ0n) is 11.8. The summed E-state index contributed by atoms with van der Waals surface area (Å²) in [6.45, 7) is 0. The van der Waals surface area contributed by atoms with Gasteiger partial charge in [0.1, 0.15) is 0 Å². The third-order valence-corrected chi connectivity index (χ3v) is 5.89.